The average molecular weight is 442 g/mol. The Bertz CT molecular complexity index is 723. The second kappa shape index (κ2) is 12.3. The number of carboxylic acid groups (broad SMARTS) is 1. The molecule has 1 heterocycles. The van der Waals surface area contributed by atoms with Crippen LogP contribution in [-0.4, -0.2) is 83.3 Å². The summed E-state index contributed by atoms with van der Waals surface area (Å²) in [7, 11) is 0. The van der Waals surface area contributed by atoms with E-state index in [0.29, 0.717) is 19.3 Å². The summed E-state index contributed by atoms with van der Waals surface area (Å²) in [6.45, 7) is 0.0248. The number of carbonyl (C=O) groups excluding carboxylic acids is 4. The number of nitrogens with one attached hydrogen (secondary N) is 2. The summed E-state index contributed by atoms with van der Waals surface area (Å²) in [4.78, 5) is 64.1. The number of rotatable bonds is 12. The molecule has 1 rings (SSSR count). The molecule has 1 saturated heterocycles. The molecular weight excluding hydrogens is 412 g/mol. The van der Waals surface area contributed by atoms with Crippen LogP contribution in [0.15, 0.2) is 4.99 Å². The third-order valence-corrected chi connectivity index (χ3v) is 4.58. The molecule has 0 aromatic carbocycles. The van der Waals surface area contributed by atoms with Gasteiger partial charge in [0.15, 0.2) is 5.96 Å². The van der Waals surface area contributed by atoms with Crippen LogP contribution >= 0.6 is 0 Å². The molecule has 3 unspecified atom stereocenters. The number of nitrogens with two attached hydrogens (primary N) is 4. The van der Waals surface area contributed by atoms with E-state index in [-0.39, 0.29) is 31.9 Å². The summed E-state index contributed by atoms with van der Waals surface area (Å²) < 4.78 is 0. The van der Waals surface area contributed by atoms with Crippen LogP contribution in [0, 0.1) is 0 Å². The van der Waals surface area contributed by atoms with E-state index >= 15 is 0 Å². The molecule has 14 heteroatoms. The second-order valence-electron chi connectivity index (χ2n) is 7.09. The number of primary amides is 1. The van der Waals surface area contributed by atoms with Gasteiger partial charge in [-0.25, -0.2) is 4.79 Å². The first kappa shape index (κ1) is 25.6. The Balaban J connectivity index is 2.54. The highest BCUT2D eigenvalue weighted by Gasteiger charge is 2.36. The van der Waals surface area contributed by atoms with E-state index in [9.17, 15) is 29.1 Å². The first-order valence-electron chi connectivity index (χ1n) is 9.72. The monoisotopic (exact) mass is 442 g/mol. The standard InChI is InChI=1S/C17H30N8O6/c18-9(7-12(19)26)15(29)25-6-2-4-11(25)14(28)23-8-13(27)24-10(16(30)31)3-1-5-22-17(20)21/h9-11H,1-8,18H2,(H2,19,26)(H,23,28)(H,24,27)(H,30,31)(H4,20,21,22). The van der Waals surface area contributed by atoms with Gasteiger partial charge in [0.1, 0.15) is 12.1 Å². The van der Waals surface area contributed by atoms with Crippen LogP contribution in [0.2, 0.25) is 0 Å². The van der Waals surface area contributed by atoms with Crippen LogP contribution in [0.3, 0.4) is 0 Å². The Morgan fingerprint density at radius 3 is 2.42 bits per heavy atom. The van der Waals surface area contributed by atoms with Crippen molar-refractivity contribution in [2.75, 3.05) is 19.6 Å². The topological polar surface area (TPSA) is 249 Å². The van der Waals surface area contributed by atoms with Gasteiger partial charge in [-0.05, 0) is 25.7 Å². The van der Waals surface area contributed by atoms with Gasteiger partial charge in [-0.1, -0.05) is 0 Å². The normalized spacial score (nSPS) is 17.3. The number of amides is 4. The van der Waals surface area contributed by atoms with Crippen LogP contribution in [0.1, 0.15) is 32.1 Å². The van der Waals surface area contributed by atoms with Crippen molar-refractivity contribution in [1.29, 1.82) is 0 Å². The van der Waals surface area contributed by atoms with Gasteiger partial charge in [0.25, 0.3) is 0 Å². The number of aliphatic imine (C=N–C) groups is 1. The molecule has 174 valence electrons. The Hall–Kier alpha value is -3.42. The van der Waals surface area contributed by atoms with E-state index in [2.05, 4.69) is 15.6 Å². The van der Waals surface area contributed by atoms with Gasteiger partial charge in [-0.3, -0.25) is 24.2 Å². The van der Waals surface area contributed by atoms with Crippen molar-refractivity contribution in [2.45, 2.75) is 50.2 Å². The van der Waals surface area contributed by atoms with E-state index in [1.807, 2.05) is 0 Å². The van der Waals surface area contributed by atoms with Crippen molar-refractivity contribution >= 4 is 35.6 Å². The summed E-state index contributed by atoms with van der Waals surface area (Å²) in [6.07, 6.45) is 0.994. The lowest BCUT2D eigenvalue weighted by molar-refractivity contribution is -0.142. The fourth-order valence-electron chi connectivity index (χ4n) is 3.11. The predicted molar refractivity (Wildman–Crippen MR) is 109 cm³/mol. The molecule has 31 heavy (non-hydrogen) atoms. The van der Waals surface area contributed by atoms with Crippen molar-refractivity contribution in [1.82, 2.24) is 15.5 Å². The Morgan fingerprint density at radius 1 is 1.16 bits per heavy atom. The van der Waals surface area contributed by atoms with E-state index in [4.69, 9.17) is 22.9 Å². The lowest BCUT2D eigenvalue weighted by Crippen LogP contribution is -2.53. The molecule has 1 aliphatic rings. The summed E-state index contributed by atoms with van der Waals surface area (Å²) in [5.41, 5.74) is 21.1. The van der Waals surface area contributed by atoms with Gasteiger partial charge >= 0.3 is 5.97 Å². The van der Waals surface area contributed by atoms with Crippen molar-refractivity contribution in [3.05, 3.63) is 0 Å². The summed E-state index contributed by atoms with van der Waals surface area (Å²) in [6, 6.07) is -3.16. The molecule has 3 atom stereocenters. The zero-order valence-corrected chi connectivity index (χ0v) is 17.1. The van der Waals surface area contributed by atoms with Gasteiger partial charge < -0.3 is 43.6 Å². The van der Waals surface area contributed by atoms with Crippen molar-refractivity contribution in [2.24, 2.45) is 27.9 Å². The van der Waals surface area contributed by atoms with Crippen LogP contribution in [0.25, 0.3) is 0 Å². The molecule has 1 aliphatic heterocycles. The fourth-order valence-corrected chi connectivity index (χ4v) is 3.11. The zero-order chi connectivity index (χ0) is 23.6. The van der Waals surface area contributed by atoms with Crippen LogP contribution < -0.4 is 33.6 Å². The van der Waals surface area contributed by atoms with Gasteiger partial charge in [0.05, 0.1) is 19.0 Å². The number of carbonyl (C=O) groups is 5. The minimum Gasteiger partial charge on any atom is -0.480 e. The highest BCUT2D eigenvalue weighted by Crippen LogP contribution is 2.18. The molecule has 0 aromatic heterocycles. The maximum Gasteiger partial charge on any atom is 0.326 e. The molecule has 0 aliphatic carbocycles. The summed E-state index contributed by atoms with van der Waals surface area (Å²) in [5, 5.41) is 13.9. The van der Waals surface area contributed by atoms with Gasteiger partial charge in [-0.15, -0.1) is 0 Å². The van der Waals surface area contributed by atoms with E-state index in [1.54, 1.807) is 0 Å². The Labute approximate surface area is 178 Å². The minimum atomic E-state index is -1.24. The number of likely N-dealkylation sites (tertiary alicyclic amines) is 1. The maximum absolute atomic E-state index is 12.4. The first-order valence-corrected chi connectivity index (χ1v) is 9.72. The van der Waals surface area contributed by atoms with Crippen molar-refractivity contribution in [3.63, 3.8) is 0 Å². The molecule has 4 amide bonds. The molecule has 0 aromatic rings. The number of aliphatic carboxylic acids is 1. The van der Waals surface area contributed by atoms with E-state index < -0.39 is 54.3 Å². The van der Waals surface area contributed by atoms with Gasteiger partial charge in [-0.2, -0.15) is 0 Å². The maximum atomic E-state index is 12.4. The molecule has 1 fully saturated rings. The second-order valence-corrected chi connectivity index (χ2v) is 7.09. The van der Waals surface area contributed by atoms with Crippen LogP contribution in [0.4, 0.5) is 0 Å². The van der Waals surface area contributed by atoms with E-state index in [1.165, 1.54) is 4.90 Å². The fraction of sp³-hybridized carbons (Fsp3) is 0.647. The zero-order valence-electron chi connectivity index (χ0n) is 17.1. The van der Waals surface area contributed by atoms with Gasteiger partial charge in [0.2, 0.25) is 23.6 Å². The largest absolute Gasteiger partial charge is 0.480 e. The molecule has 11 N–H and O–H groups in total. The highest BCUT2D eigenvalue weighted by molar-refractivity contribution is 5.94. The number of nitrogens with zero attached hydrogens (tertiary/aromatic N) is 2. The summed E-state index contributed by atoms with van der Waals surface area (Å²) >= 11 is 0. The average Bonchev–Trinajstić information content (AvgIpc) is 3.16. The SMILES string of the molecule is NC(=O)CC(N)C(=O)N1CCCC1C(=O)NCC(=O)NC(CCCN=C(N)N)C(=O)O. The van der Waals surface area contributed by atoms with Crippen molar-refractivity contribution < 1.29 is 29.1 Å². The highest BCUT2D eigenvalue weighted by atomic mass is 16.4. The van der Waals surface area contributed by atoms with E-state index in [0.717, 1.165) is 0 Å². The molecule has 0 bridgehead atoms. The molecule has 14 nitrogen and oxygen atoms in total. The third-order valence-electron chi connectivity index (χ3n) is 4.58. The number of guanidine groups is 1. The summed E-state index contributed by atoms with van der Waals surface area (Å²) in [5.74, 6) is -3.94. The molecular formula is C17H30N8O6. The quantitative estimate of drug-likeness (QED) is 0.0880. The van der Waals surface area contributed by atoms with Gasteiger partial charge in [0, 0.05) is 13.1 Å². The number of carboxylic acids is 1. The molecule has 0 spiro atoms. The lowest BCUT2D eigenvalue weighted by Gasteiger charge is -2.26. The van der Waals surface area contributed by atoms with Crippen molar-refractivity contribution in [3.8, 4) is 0 Å². The number of hydrogen-bond donors (Lipinski definition) is 7. The molecule has 0 saturated carbocycles. The smallest absolute Gasteiger partial charge is 0.326 e. The van der Waals surface area contributed by atoms with Crippen LogP contribution in [-0.2, 0) is 24.0 Å². The minimum absolute atomic E-state index is 0.0917. The molecule has 0 radical (unpaired) electrons. The Morgan fingerprint density at radius 2 is 1.84 bits per heavy atom. The Kier molecular flexibility index (Phi) is 10.2. The van der Waals surface area contributed by atoms with Crippen LogP contribution in [0.5, 0.6) is 0 Å². The lowest BCUT2D eigenvalue weighted by atomic mass is 10.1. The predicted octanol–water partition coefficient (Wildman–Crippen LogP) is -4.08. The number of hydrogen-bond acceptors (Lipinski definition) is 7. The third kappa shape index (κ3) is 8.86. The first-order chi connectivity index (χ1) is 14.5.